The SMILES string of the molecule is O=C(CCC(F)(F)F)N1CCC(O)C1. The summed E-state index contributed by atoms with van der Waals surface area (Å²) in [6.45, 7) is 0.522. The molecule has 0 aromatic rings. The van der Waals surface area contributed by atoms with Crippen LogP contribution in [-0.4, -0.2) is 41.3 Å². The predicted molar refractivity (Wildman–Crippen MR) is 42.5 cm³/mol. The molecule has 1 amide bonds. The molecule has 1 saturated heterocycles. The lowest BCUT2D eigenvalue weighted by atomic mass is 10.3. The Morgan fingerprint density at radius 3 is 2.57 bits per heavy atom. The molecule has 1 atom stereocenters. The van der Waals surface area contributed by atoms with Crippen LogP contribution < -0.4 is 0 Å². The smallest absolute Gasteiger partial charge is 0.389 e. The van der Waals surface area contributed by atoms with Gasteiger partial charge in [-0.2, -0.15) is 13.2 Å². The van der Waals surface area contributed by atoms with Crippen LogP contribution in [0.25, 0.3) is 0 Å². The van der Waals surface area contributed by atoms with E-state index in [0.29, 0.717) is 13.0 Å². The molecule has 0 bridgehead atoms. The van der Waals surface area contributed by atoms with E-state index in [4.69, 9.17) is 5.11 Å². The minimum absolute atomic E-state index is 0.163. The molecule has 1 N–H and O–H groups in total. The number of alkyl halides is 3. The summed E-state index contributed by atoms with van der Waals surface area (Å²) in [7, 11) is 0. The van der Waals surface area contributed by atoms with Gasteiger partial charge in [0, 0.05) is 19.5 Å². The zero-order valence-corrected chi connectivity index (χ0v) is 7.55. The van der Waals surface area contributed by atoms with Crippen LogP contribution in [0.3, 0.4) is 0 Å². The van der Waals surface area contributed by atoms with Crippen molar-refractivity contribution in [2.75, 3.05) is 13.1 Å². The van der Waals surface area contributed by atoms with Gasteiger partial charge in [0.15, 0.2) is 0 Å². The van der Waals surface area contributed by atoms with Crippen LogP contribution >= 0.6 is 0 Å². The van der Waals surface area contributed by atoms with Gasteiger partial charge in [0.1, 0.15) is 0 Å². The first kappa shape index (κ1) is 11.3. The number of nitrogens with zero attached hydrogens (tertiary/aromatic N) is 1. The number of hydrogen-bond acceptors (Lipinski definition) is 2. The number of likely N-dealkylation sites (tertiary alicyclic amines) is 1. The fourth-order valence-electron chi connectivity index (χ4n) is 1.38. The number of amides is 1. The van der Waals surface area contributed by atoms with Crippen LogP contribution in [0.2, 0.25) is 0 Å². The Labute approximate surface area is 79.5 Å². The normalized spacial score (nSPS) is 22.9. The first-order chi connectivity index (χ1) is 6.38. The van der Waals surface area contributed by atoms with Crippen LogP contribution in [-0.2, 0) is 4.79 Å². The zero-order valence-electron chi connectivity index (χ0n) is 7.55. The molecule has 3 nitrogen and oxygen atoms in total. The molecule has 1 aliphatic rings. The maximum absolute atomic E-state index is 11.8. The molecular formula is C8H12F3NO2. The van der Waals surface area contributed by atoms with Gasteiger partial charge in [0.2, 0.25) is 5.91 Å². The average molecular weight is 211 g/mol. The van der Waals surface area contributed by atoms with Crippen molar-refractivity contribution in [1.82, 2.24) is 4.90 Å². The van der Waals surface area contributed by atoms with Gasteiger partial charge < -0.3 is 10.0 Å². The molecule has 1 rings (SSSR count). The maximum atomic E-state index is 11.8. The number of rotatable bonds is 2. The second-order valence-electron chi connectivity index (χ2n) is 3.40. The highest BCUT2D eigenvalue weighted by molar-refractivity contribution is 5.76. The van der Waals surface area contributed by atoms with E-state index in [0.717, 1.165) is 0 Å². The van der Waals surface area contributed by atoms with Crippen molar-refractivity contribution in [3.8, 4) is 0 Å². The lowest BCUT2D eigenvalue weighted by Gasteiger charge is -2.15. The van der Waals surface area contributed by atoms with Gasteiger partial charge in [-0.1, -0.05) is 0 Å². The quantitative estimate of drug-likeness (QED) is 0.737. The summed E-state index contributed by atoms with van der Waals surface area (Å²) in [4.78, 5) is 12.4. The molecule has 0 saturated carbocycles. The molecule has 0 aromatic carbocycles. The van der Waals surface area contributed by atoms with Crippen LogP contribution in [0.15, 0.2) is 0 Å². The van der Waals surface area contributed by atoms with Gasteiger partial charge in [-0.25, -0.2) is 0 Å². The third kappa shape index (κ3) is 3.53. The molecule has 1 unspecified atom stereocenters. The van der Waals surface area contributed by atoms with Crippen LogP contribution in [0.1, 0.15) is 19.3 Å². The van der Waals surface area contributed by atoms with Crippen LogP contribution in [0, 0.1) is 0 Å². The molecule has 14 heavy (non-hydrogen) atoms. The Bertz CT molecular complexity index is 217. The molecule has 0 radical (unpaired) electrons. The summed E-state index contributed by atoms with van der Waals surface area (Å²) < 4.78 is 35.3. The minimum Gasteiger partial charge on any atom is -0.391 e. The third-order valence-electron chi connectivity index (χ3n) is 2.14. The largest absolute Gasteiger partial charge is 0.391 e. The van der Waals surface area contributed by atoms with Gasteiger partial charge in [-0.15, -0.1) is 0 Å². The van der Waals surface area contributed by atoms with Gasteiger partial charge in [0.05, 0.1) is 12.5 Å². The number of carbonyl (C=O) groups excluding carboxylic acids is 1. The monoisotopic (exact) mass is 211 g/mol. The van der Waals surface area contributed by atoms with Crippen molar-refractivity contribution in [3.05, 3.63) is 0 Å². The number of halogens is 3. The Morgan fingerprint density at radius 1 is 1.50 bits per heavy atom. The standard InChI is InChI=1S/C8H12F3NO2/c9-8(10,11)3-1-7(14)12-4-2-6(13)5-12/h6,13H,1-5H2. The van der Waals surface area contributed by atoms with E-state index in [1.54, 1.807) is 0 Å². The summed E-state index contributed by atoms with van der Waals surface area (Å²) in [6.07, 6.45) is -6.01. The lowest BCUT2D eigenvalue weighted by molar-refractivity contribution is -0.148. The van der Waals surface area contributed by atoms with Crippen molar-refractivity contribution in [2.24, 2.45) is 0 Å². The van der Waals surface area contributed by atoms with E-state index in [-0.39, 0.29) is 6.54 Å². The molecule has 1 aliphatic heterocycles. The van der Waals surface area contributed by atoms with E-state index in [9.17, 15) is 18.0 Å². The fraction of sp³-hybridized carbons (Fsp3) is 0.875. The number of β-amino-alcohol motifs (C(OH)–C–C–N with tert-alkyl or cyclic N) is 1. The molecule has 0 aromatic heterocycles. The first-order valence-electron chi connectivity index (χ1n) is 4.41. The van der Waals surface area contributed by atoms with E-state index in [1.165, 1.54) is 4.90 Å². The first-order valence-corrected chi connectivity index (χ1v) is 4.41. The number of aliphatic hydroxyl groups excluding tert-OH is 1. The van der Waals surface area contributed by atoms with Crippen molar-refractivity contribution in [3.63, 3.8) is 0 Å². The predicted octanol–water partition coefficient (Wildman–Crippen LogP) is 0.922. The highest BCUT2D eigenvalue weighted by Gasteiger charge is 2.31. The molecular weight excluding hydrogens is 199 g/mol. The van der Waals surface area contributed by atoms with E-state index >= 15 is 0 Å². The molecule has 0 aliphatic carbocycles. The van der Waals surface area contributed by atoms with Crippen LogP contribution in [0.4, 0.5) is 13.2 Å². The summed E-state index contributed by atoms with van der Waals surface area (Å²) in [5.74, 6) is -0.529. The second-order valence-corrected chi connectivity index (χ2v) is 3.40. The van der Waals surface area contributed by atoms with Gasteiger partial charge in [-0.05, 0) is 6.42 Å². The highest BCUT2D eigenvalue weighted by Crippen LogP contribution is 2.22. The molecule has 1 heterocycles. The number of carbonyl (C=O) groups is 1. The van der Waals surface area contributed by atoms with Gasteiger partial charge in [0.25, 0.3) is 0 Å². The Morgan fingerprint density at radius 2 is 2.14 bits per heavy atom. The van der Waals surface area contributed by atoms with Crippen molar-refractivity contribution in [1.29, 1.82) is 0 Å². The second kappa shape index (κ2) is 4.16. The van der Waals surface area contributed by atoms with Gasteiger partial charge in [-0.3, -0.25) is 4.79 Å². The van der Waals surface area contributed by atoms with Crippen molar-refractivity contribution >= 4 is 5.91 Å². The summed E-state index contributed by atoms with van der Waals surface area (Å²) in [6, 6.07) is 0. The third-order valence-corrected chi connectivity index (χ3v) is 2.14. The van der Waals surface area contributed by atoms with Crippen molar-refractivity contribution < 1.29 is 23.1 Å². The Balaban J connectivity index is 2.29. The lowest BCUT2D eigenvalue weighted by Crippen LogP contribution is -2.30. The van der Waals surface area contributed by atoms with E-state index < -0.39 is 31.0 Å². The molecule has 0 spiro atoms. The van der Waals surface area contributed by atoms with E-state index in [2.05, 4.69) is 0 Å². The highest BCUT2D eigenvalue weighted by atomic mass is 19.4. The number of aliphatic hydroxyl groups is 1. The van der Waals surface area contributed by atoms with Crippen LogP contribution in [0.5, 0.6) is 0 Å². The molecule has 82 valence electrons. The average Bonchev–Trinajstić information content (AvgIpc) is 2.46. The zero-order chi connectivity index (χ0) is 10.8. The Hall–Kier alpha value is -0.780. The summed E-state index contributed by atoms with van der Waals surface area (Å²) >= 11 is 0. The minimum atomic E-state index is -4.28. The topological polar surface area (TPSA) is 40.5 Å². The Kier molecular flexibility index (Phi) is 3.36. The fourth-order valence-corrected chi connectivity index (χ4v) is 1.38. The maximum Gasteiger partial charge on any atom is 0.389 e. The summed E-state index contributed by atoms with van der Waals surface area (Å²) in [5.41, 5.74) is 0. The van der Waals surface area contributed by atoms with E-state index in [1.807, 2.05) is 0 Å². The molecule has 1 fully saturated rings. The molecule has 6 heteroatoms. The summed E-state index contributed by atoms with van der Waals surface area (Å²) in [5, 5.41) is 9.06. The number of hydrogen-bond donors (Lipinski definition) is 1. The van der Waals surface area contributed by atoms with Crippen molar-refractivity contribution in [2.45, 2.75) is 31.5 Å². The van der Waals surface area contributed by atoms with Gasteiger partial charge >= 0.3 is 6.18 Å².